The Morgan fingerprint density at radius 1 is 1.29 bits per heavy atom. The first kappa shape index (κ1) is 15.2. The summed E-state index contributed by atoms with van der Waals surface area (Å²) in [5.74, 6) is -1.12. The van der Waals surface area contributed by atoms with Crippen LogP contribution in [0.4, 0.5) is 4.39 Å². The van der Waals surface area contributed by atoms with Crippen molar-refractivity contribution in [3.05, 3.63) is 63.9 Å². The summed E-state index contributed by atoms with van der Waals surface area (Å²) in [6.45, 7) is 0. The predicted octanol–water partition coefficient (Wildman–Crippen LogP) is 4.09. The monoisotopic (exact) mass is 347 g/mol. The van der Waals surface area contributed by atoms with E-state index >= 15 is 0 Å². The van der Waals surface area contributed by atoms with Gasteiger partial charge in [-0.3, -0.25) is 4.79 Å². The number of hydrogen-bond acceptors (Lipinski definition) is 3. The van der Waals surface area contributed by atoms with E-state index in [9.17, 15) is 14.4 Å². The molecule has 1 atom stereocenters. The third-order valence-electron chi connectivity index (χ3n) is 3.03. The van der Waals surface area contributed by atoms with Crippen LogP contribution in [0.15, 0.2) is 46.9 Å². The first-order valence-corrected chi connectivity index (χ1v) is 6.89. The summed E-state index contributed by atoms with van der Waals surface area (Å²) in [6.07, 6.45) is 0. The van der Waals surface area contributed by atoms with E-state index in [4.69, 9.17) is 4.74 Å². The van der Waals surface area contributed by atoms with E-state index in [0.717, 1.165) is 0 Å². The zero-order valence-electron chi connectivity index (χ0n) is 11.1. The van der Waals surface area contributed by atoms with E-state index in [1.165, 1.54) is 31.4 Å². The number of halogens is 2. The van der Waals surface area contributed by atoms with Gasteiger partial charge in [-0.25, -0.2) is 4.39 Å². The third kappa shape index (κ3) is 3.29. The largest absolute Gasteiger partial charge is 0.496 e. The lowest BCUT2D eigenvalue weighted by atomic mass is 9.92. The summed E-state index contributed by atoms with van der Waals surface area (Å²) in [5.41, 5.74) is 0.856. The molecular weight excluding hydrogens is 337 g/mol. The van der Waals surface area contributed by atoms with Crippen LogP contribution in [0.2, 0.25) is 0 Å². The van der Waals surface area contributed by atoms with Gasteiger partial charge in [-0.2, -0.15) is 5.26 Å². The number of benzene rings is 2. The molecule has 0 aromatic heterocycles. The van der Waals surface area contributed by atoms with Crippen LogP contribution in [0.25, 0.3) is 0 Å². The number of carbonyl (C=O) groups is 1. The van der Waals surface area contributed by atoms with Crippen LogP contribution < -0.4 is 4.74 Å². The van der Waals surface area contributed by atoms with Crippen molar-refractivity contribution in [2.24, 2.45) is 0 Å². The second-order valence-electron chi connectivity index (χ2n) is 4.33. The van der Waals surface area contributed by atoms with Crippen molar-refractivity contribution < 1.29 is 13.9 Å². The topological polar surface area (TPSA) is 50.1 Å². The van der Waals surface area contributed by atoms with Gasteiger partial charge in [0.15, 0.2) is 5.78 Å². The van der Waals surface area contributed by atoms with Gasteiger partial charge in [0, 0.05) is 5.56 Å². The molecule has 0 aliphatic heterocycles. The van der Waals surface area contributed by atoms with E-state index in [2.05, 4.69) is 15.9 Å². The molecule has 21 heavy (non-hydrogen) atoms. The highest BCUT2D eigenvalue weighted by atomic mass is 79.9. The highest BCUT2D eigenvalue weighted by Gasteiger charge is 2.22. The SMILES string of the molecule is COc1ccc(C(=O)C(C#N)c2ccc(F)cc2)cc1Br. The second kappa shape index (κ2) is 6.51. The molecule has 0 saturated heterocycles. The fraction of sp³-hybridized carbons (Fsp3) is 0.125. The fourth-order valence-corrected chi connectivity index (χ4v) is 2.47. The molecule has 1 unspecified atom stereocenters. The Labute approximate surface area is 130 Å². The number of nitrogens with zero attached hydrogens (tertiary/aromatic N) is 1. The Bertz CT molecular complexity index is 707. The molecular formula is C16H11BrFNO2. The highest BCUT2D eigenvalue weighted by molar-refractivity contribution is 9.10. The lowest BCUT2D eigenvalue weighted by Gasteiger charge is -2.10. The molecule has 2 rings (SSSR count). The maximum atomic E-state index is 12.9. The number of nitriles is 1. The van der Waals surface area contributed by atoms with Crippen molar-refractivity contribution in [2.75, 3.05) is 7.11 Å². The van der Waals surface area contributed by atoms with Crippen LogP contribution >= 0.6 is 15.9 Å². The molecule has 0 heterocycles. The van der Waals surface area contributed by atoms with Gasteiger partial charge >= 0.3 is 0 Å². The number of rotatable bonds is 4. The molecule has 0 saturated carbocycles. The smallest absolute Gasteiger partial charge is 0.184 e. The van der Waals surface area contributed by atoms with Crippen molar-refractivity contribution in [3.63, 3.8) is 0 Å². The minimum atomic E-state index is -0.967. The van der Waals surface area contributed by atoms with Crippen LogP contribution in [0, 0.1) is 17.1 Å². The van der Waals surface area contributed by atoms with Gasteiger partial charge in [0.2, 0.25) is 0 Å². The molecule has 2 aromatic carbocycles. The summed E-state index contributed by atoms with van der Waals surface area (Å²) >= 11 is 3.30. The second-order valence-corrected chi connectivity index (χ2v) is 5.18. The first-order valence-electron chi connectivity index (χ1n) is 6.09. The molecule has 3 nitrogen and oxygen atoms in total. The number of Topliss-reactive ketones (excluding diaryl/α,β-unsaturated/α-hetero) is 1. The van der Waals surface area contributed by atoms with Gasteiger partial charge in [0.25, 0.3) is 0 Å². The summed E-state index contributed by atoms with van der Waals surface area (Å²) < 4.78 is 18.7. The molecule has 2 aromatic rings. The van der Waals surface area contributed by atoms with Gasteiger partial charge in [-0.05, 0) is 51.8 Å². The van der Waals surface area contributed by atoms with Crippen LogP contribution in [0.3, 0.4) is 0 Å². The van der Waals surface area contributed by atoms with Crippen molar-refractivity contribution in [1.29, 1.82) is 5.26 Å². The standard InChI is InChI=1S/C16H11BrFNO2/c1-21-15-7-4-11(8-14(15)17)16(20)13(9-19)10-2-5-12(18)6-3-10/h2-8,13H,1H3. The molecule has 5 heteroatoms. The summed E-state index contributed by atoms with van der Waals surface area (Å²) in [7, 11) is 1.53. The minimum Gasteiger partial charge on any atom is -0.496 e. The molecule has 0 amide bonds. The highest BCUT2D eigenvalue weighted by Crippen LogP contribution is 2.28. The van der Waals surface area contributed by atoms with Crippen molar-refractivity contribution >= 4 is 21.7 Å². The maximum Gasteiger partial charge on any atom is 0.184 e. The number of methoxy groups -OCH3 is 1. The van der Waals surface area contributed by atoms with E-state index in [-0.39, 0.29) is 5.78 Å². The summed E-state index contributed by atoms with van der Waals surface area (Å²) in [6, 6.07) is 12.2. The molecule has 0 aliphatic carbocycles. The lowest BCUT2D eigenvalue weighted by molar-refractivity contribution is 0.0978. The number of hydrogen-bond donors (Lipinski definition) is 0. The van der Waals surface area contributed by atoms with Crippen molar-refractivity contribution in [3.8, 4) is 11.8 Å². The summed E-state index contributed by atoms with van der Waals surface area (Å²) in [4.78, 5) is 12.4. The zero-order valence-corrected chi connectivity index (χ0v) is 12.7. The van der Waals surface area contributed by atoms with Crippen LogP contribution in [-0.2, 0) is 0 Å². The zero-order chi connectivity index (χ0) is 15.4. The van der Waals surface area contributed by atoms with E-state index in [1.54, 1.807) is 18.2 Å². The number of ether oxygens (including phenoxy) is 1. The summed E-state index contributed by atoms with van der Waals surface area (Å²) in [5, 5.41) is 9.25. The fourth-order valence-electron chi connectivity index (χ4n) is 1.93. The lowest BCUT2D eigenvalue weighted by Crippen LogP contribution is -2.11. The van der Waals surface area contributed by atoms with E-state index < -0.39 is 11.7 Å². The minimum absolute atomic E-state index is 0.340. The van der Waals surface area contributed by atoms with Gasteiger partial charge in [-0.15, -0.1) is 0 Å². The molecule has 0 fully saturated rings. The van der Waals surface area contributed by atoms with Gasteiger partial charge < -0.3 is 4.74 Å². The normalized spacial score (nSPS) is 11.5. The molecule has 0 radical (unpaired) electrons. The Balaban J connectivity index is 2.35. The van der Waals surface area contributed by atoms with Crippen molar-refractivity contribution in [2.45, 2.75) is 5.92 Å². The van der Waals surface area contributed by atoms with E-state index in [0.29, 0.717) is 21.3 Å². The Morgan fingerprint density at radius 3 is 2.48 bits per heavy atom. The predicted molar refractivity (Wildman–Crippen MR) is 79.8 cm³/mol. The van der Waals surface area contributed by atoms with Crippen molar-refractivity contribution in [1.82, 2.24) is 0 Å². The van der Waals surface area contributed by atoms with Crippen LogP contribution in [0.1, 0.15) is 21.8 Å². The average Bonchev–Trinajstić information content (AvgIpc) is 2.49. The Hall–Kier alpha value is -2.19. The Kier molecular flexibility index (Phi) is 4.71. The van der Waals surface area contributed by atoms with Crippen LogP contribution in [-0.4, -0.2) is 12.9 Å². The van der Waals surface area contributed by atoms with Gasteiger partial charge in [0.05, 0.1) is 17.7 Å². The Morgan fingerprint density at radius 2 is 1.95 bits per heavy atom. The molecule has 0 bridgehead atoms. The van der Waals surface area contributed by atoms with Gasteiger partial charge in [-0.1, -0.05) is 12.1 Å². The number of carbonyl (C=O) groups excluding carboxylic acids is 1. The quantitative estimate of drug-likeness (QED) is 0.782. The molecule has 106 valence electrons. The van der Waals surface area contributed by atoms with Crippen LogP contribution in [0.5, 0.6) is 5.75 Å². The first-order chi connectivity index (χ1) is 10.1. The number of ketones is 1. The van der Waals surface area contributed by atoms with E-state index in [1.807, 2.05) is 6.07 Å². The molecule has 0 N–H and O–H groups in total. The third-order valence-corrected chi connectivity index (χ3v) is 3.65. The maximum absolute atomic E-state index is 12.9. The van der Waals surface area contributed by atoms with Gasteiger partial charge in [0.1, 0.15) is 17.5 Å². The average molecular weight is 348 g/mol. The molecule has 0 aliphatic rings. The molecule has 0 spiro atoms.